The third-order valence-electron chi connectivity index (χ3n) is 7.98. The molecule has 16 heteroatoms. The topological polar surface area (TPSA) is 229 Å². The molecule has 0 spiro atoms. The van der Waals surface area contributed by atoms with Gasteiger partial charge in [-0.3, -0.25) is 14.4 Å². The van der Waals surface area contributed by atoms with E-state index < -0.39 is 48.8 Å². The van der Waals surface area contributed by atoms with Crippen LogP contribution in [0.4, 0.5) is 5.82 Å². The van der Waals surface area contributed by atoms with Crippen molar-refractivity contribution in [2.45, 2.75) is 153 Å². The molecule has 1 aliphatic rings. The monoisotopic (exact) mass is 703 g/mol. The van der Waals surface area contributed by atoms with E-state index in [0.29, 0.717) is 6.42 Å². The molecule has 1 saturated heterocycles. The molecule has 0 bridgehead atoms. The summed E-state index contributed by atoms with van der Waals surface area (Å²) in [7, 11) is 0. The van der Waals surface area contributed by atoms with Crippen LogP contribution >= 0.6 is 11.8 Å². The predicted octanol–water partition coefficient (Wildman–Crippen LogP) is 2.03. The number of amides is 1. The van der Waals surface area contributed by atoms with Crippen molar-refractivity contribution in [2.75, 3.05) is 23.4 Å². The van der Waals surface area contributed by atoms with Crippen LogP contribution in [0.2, 0.25) is 0 Å². The highest BCUT2D eigenvalue weighted by molar-refractivity contribution is 7.99. The Labute approximate surface area is 287 Å². The van der Waals surface area contributed by atoms with Gasteiger partial charge in [0.05, 0.1) is 18.8 Å². The van der Waals surface area contributed by atoms with E-state index in [0.717, 1.165) is 64.2 Å². The summed E-state index contributed by atoms with van der Waals surface area (Å²) in [5.74, 6) is -0.687. The Bertz CT molecular complexity index is 1070. The largest absolute Gasteiger partial charge is 0.462 e. The number of aromatic nitrogens is 3. The highest BCUT2D eigenvalue weighted by Gasteiger charge is 2.43. The molecule has 5 unspecified atom stereocenters. The van der Waals surface area contributed by atoms with Crippen LogP contribution in [0.3, 0.4) is 0 Å². The molecule has 48 heavy (non-hydrogen) atoms. The zero-order valence-corrected chi connectivity index (χ0v) is 29.2. The number of aliphatic hydroxyl groups is 4. The molecule has 0 saturated carbocycles. The lowest BCUT2D eigenvalue weighted by atomic mass is 9.99. The first-order valence-electron chi connectivity index (χ1n) is 17.3. The predicted molar refractivity (Wildman–Crippen MR) is 180 cm³/mol. The third-order valence-corrected chi connectivity index (χ3v) is 9.18. The Morgan fingerprint density at radius 3 is 2.15 bits per heavy atom. The minimum absolute atomic E-state index is 0.0686. The van der Waals surface area contributed by atoms with Crippen molar-refractivity contribution in [3.63, 3.8) is 0 Å². The Kier molecular flexibility index (Phi) is 20.8. The van der Waals surface area contributed by atoms with Gasteiger partial charge in [-0.2, -0.15) is 11.8 Å². The number of anilines is 1. The normalized spacial score (nSPS) is 22.2. The summed E-state index contributed by atoms with van der Waals surface area (Å²) in [4.78, 5) is 37.6. The molecule has 2 heterocycles. The van der Waals surface area contributed by atoms with E-state index in [9.17, 15) is 34.8 Å². The van der Waals surface area contributed by atoms with Crippen LogP contribution in [0.5, 0.6) is 0 Å². The van der Waals surface area contributed by atoms with Gasteiger partial charge in [0.2, 0.25) is 5.91 Å². The van der Waals surface area contributed by atoms with E-state index >= 15 is 0 Å². The van der Waals surface area contributed by atoms with Gasteiger partial charge in [-0.25, -0.2) is 4.68 Å². The van der Waals surface area contributed by atoms with Crippen molar-refractivity contribution in [3.8, 4) is 0 Å². The molecule has 276 valence electrons. The van der Waals surface area contributed by atoms with Crippen LogP contribution in [0.1, 0.15) is 104 Å². The first kappa shape index (κ1) is 41.8. The van der Waals surface area contributed by atoms with E-state index in [-0.39, 0.29) is 48.8 Å². The zero-order chi connectivity index (χ0) is 35.3. The summed E-state index contributed by atoms with van der Waals surface area (Å²) in [6, 6.07) is -0.954. The number of hydrogen-bond donors (Lipinski definition) is 6. The van der Waals surface area contributed by atoms with Crippen molar-refractivity contribution >= 4 is 35.4 Å². The SMILES string of the molecule is CCCCCCCCC(=O)OC[C@H](CSC[C@@H](N)C(=O)Nc1cn(CC2OC(O)C(O)C(O)C2O)nn1)OC(=O)CCCCCCCC. The number of nitrogens with one attached hydrogen (secondary N) is 1. The second-order valence-electron chi connectivity index (χ2n) is 12.3. The van der Waals surface area contributed by atoms with Gasteiger partial charge < -0.3 is 45.7 Å². The van der Waals surface area contributed by atoms with Gasteiger partial charge in [0.1, 0.15) is 37.1 Å². The van der Waals surface area contributed by atoms with Gasteiger partial charge in [0.15, 0.2) is 12.1 Å². The maximum absolute atomic E-state index is 12.7. The number of esters is 2. The maximum Gasteiger partial charge on any atom is 0.306 e. The molecule has 0 aromatic carbocycles. The van der Waals surface area contributed by atoms with Gasteiger partial charge in [-0.05, 0) is 12.8 Å². The van der Waals surface area contributed by atoms with Crippen LogP contribution in [0.15, 0.2) is 6.20 Å². The van der Waals surface area contributed by atoms with Crippen molar-refractivity contribution in [3.05, 3.63) is 6.20 Å². The molecule has 1 amide bonds. The number of aliphatic hydroxyl groups excluding tert-OH is 4. The summed E-state index contributed by atoms with van der Waals surface area (Å²) in [6.07, 6.45) is 6.30. The van der Waals surface area contributed by atoms with Crippen LogP contribution in [-0.2, 0) is 35.1 Å². The third kappa shape index (κ3) is 16.4. The molecular formula is C32H57N5O10S. The smallest absolute Gasteiger partial charge is 0.306 e. The minimum atomic E-state index is -1.69. The second-order valence-corrected chi connectivity index (χ2v) is 13.4. The lowest BCUT2D eigenvalue weighted by Crippen LogP contribution is -2.58. The summed E-state index contributed by atoms with van der Waals surface area (Å²) in [5.41, 5.74) is 6.09. The highest BCUT2D eigenvalue weighted by atomic mass is 32.2. The van der Waals surface area contributed by atoms with Gasteiger partial charge in [-0.1, -0.05) is 83.3 Å². The highest BCUT2D eigenvalue weighted by Crippen LogP contribution is 2.21. The summed E-state index contributed by atoms with van der Waals surface area (Å²) in [5, 5.41) is 49.6. The van der Waals surface area contributed by atoms with Crippen molar-refractivity contribution in [2.24, 2.45) is 5.73 Å². The van der Waals surface area contributed by atoms with Crippen LogP contribution in [0, 0.1) is 0 Å². The maximum atomic E-state index is 12.7. The molecule has 2 rings (SSSR count). The van der Waals surface area contributed by atoms with E-state index in [1.165, 1.54) is 35.5 Å². The Morgan fingerprint density at radius 1 is 0.896 bits per heavy atom. The van der Waals surface area contributed by atoms with E-state index in [4.69, 9.17) is 19.9 Å². The Balaban J connectivity index is 1.80. The molecule has 1 fully saturated rings. The standard InChI is InChI=1S/C32H57N5O10S/c1-3-5-7-9-11-13-15-26(38)45-19-22(46-27(39)16-14-12-10-8-6-4-2)20-48-21-23(33)31(43)34-25-18-37(36-35-25)17-24-28(40)29(41)30(42)32(44)47-24/h18,22-24,28-30,32,40-42,44H,3-17,19-21,33H2,1-2H3,(H,34,43)/t22-,23-,24?,28?,29?,30?,32?/m1/s1. The fourth-order valence-corrected chi connectivity index (χ4v) is 6.02. The molecule has 1 aromatic heterocycles. The van der Waals surface area contributed by atoms with Crippen LogP contribution in [0.25, 0.3) is 0 Å². The molecule has 1 aromatic rings. The Hall–Kier alpha value is -2.34. The zero-order valence-electron chi connectivity index (χ0n) is 28.4. The fraction of sp³-hybridized carbons (Fsp3) is 0.844. The molecule has 15 nitrogen and oxygen atoms in total. The first-order chi connectivity index (χ1) is 23.0. The number of unbranched alkanes of at least 4 members (excludes halogenated alkanes) is 10. The van der Waals surface area contributed by atoms with Crippen LogP contribution in [-0.4, -0.2) is 114 Å². The van der Waals surface area contributed by atoms with Crippen molar-refractivity contribution in [1.82, 2.24) is 15.0 Å². The quantitative estimate of drug-likeness (QED) is 0.0633. The first-order valence-corrected chi connectivity index (χ1v) is 18.5. The van der Waals surface area contributed by atoms with Gasteiger partial charge in [-0.15, -0.1) is 5.10 Å². The molecule has 7 N–H and O–H groups in total. The average Bonchev–Trinajstić information content (AvgIpc) is 3.50. The van der Waals surface area contributed by atoms with E-state index in [2.05, 4.69) is 29.5 Å². The number of rotatable bonds is 25. The summed E-state index contributed by atoms with van der Waals surface area (Å²) >= 11 is 1.29. The summed E-state index contributed by atoms with van der Waals surface area (Å²) < 4.78 is 17.5. The van der Waals surface area contributed by atoms with Crippen molar-refractivity contribution < 1.29 is 49.0 Å². The fourth-order valence-electron chi connectivity index (χ4n) is 5.05. The lowest BCUT2D eigenvalue weighted by Gasteiger charge is -2.38. The molecule has 0 radical (unpaired) electrons. The number of carbonyl (C=O) groups excluding carboxylic acids is 3. The average molecular weight is 704 g/mol. The molecule has 1 aliphatic heterocycles. The minimum Gasteiger partial charge on any atom is -0.462 e. The van der Waals surface area contributed by atoms with Gasteiger partial charge in [0.25, 0.3) is 0 Å². The number of ether oxygens (including phenoxy) is 3. The number of nitrogens with two attached hydrogens (primary N) is 1. The van der Waals surface area contributed by atoms with Gasteiger partial charge >= 0.3 is 11.9 Å². The number of hydrogen-bond acceptors (Lipinski definition) is 14. The Morgan fingerprint density at radius 2 is 1.50 bits per heavy atom. The lowest BCUT2D eigenvalue weighted by molar-refractivity contribution is -0.284. The van der Waals surface area contributed by atoms with E-state index in [1.54, 1.807) is 0 Å². The number of carbonyl (C=O) groups is 3. The van der Waals surface area contributed by atoms with Crippen molar-refractivity contribution in [1.29, 1.82) is 0 Å². The van der Waals surface area contributed by atoms with Gasteiger partial charge in [0, 0.05) is 24.3 Å². The van der Waals surface area contributed by atoms with E-state index in [1.807, 2.05) is 0 Å². The number of nitrogens with zero attached hydrogens (tertiary/aromatic N) is 3. The molecule has 7 atom stereocenters. The van der Waals surface area contributed by atoms with Crippen LogP contribution < -0.4 is 11.1 Å². The number of thioether (sulfide) groups is 1. The summed E-state index contributed by atoms with van der Waals surface area (Å²) in [6.45, 7) is 4.11. The molecular weight excluding hydrogens is 646 g/mol. The second kappa shape index (κ2) is 23.9. The molecule has 0 aliphatic carbocycles.